The van der Waals surface area contributed by atoms with Gasteiger partial charge in [0.2, 0.25) is 5.91 Å². The van der Waals surface area contributed by atoms with Crippen LogP contribution in [0.4, 0.5) is 5.13 Å². The minimum absolute atomic E-state index is 0.0794. The van der Waals surface area contributed by atoms with Crippen molar-refractivity contribution in [3.63, 3.8) is 0 Å². The maximum Gasteiger partial charge on any atom is 0.226 e. The number of carbonyl (C=O) groups excluding carboxylic acids is 2. The first kappa shape index (κ1) is 19.8. The Labute approximate surface area is 167 Å². The molecule has 28 heavy (non-hydrogen) atoms. The molecule has 0 atom stereocenters. The van der Waals surface area contributed by atoms with Crippen LogP contribution in [0, 0.1) is 6.92 Å². The number of nitrogens with zero attached hydrogens (tertiary/aromatic N) is 1. The summed E-state index contributed by atoms with van der Waals surface area (Å²) < 4.78 is 11.7. The molecule has 0 aliphatic carbocycles. The molecule has 1 N–H and O–H groups in total. The van der Waals surface area contributed by atoms with Gasteiger partial charge in [-0.1, -0.05) is 23.0 Å². The summed E-state index contributed by atoms with van der Waals surface area (Å²) in [6, 6.07) is 11.0. The molecule has 3 rings (SSSR count). The second kappa shape index (κ2) is 8.84. The second-order valence-corrected chi connectivity index (χ2v) is 7.29. The van der Waals surface area contributed by atoms with Gasteiger partial charge in [0.05, 0.1) is 29.5 Å². The number of thiazole rings is 1. The molecule has 1 heterocycles. The predicted molar refractivity (Wildman–Crippen MR) is 111 cm³/mol. The lowest BCUT2D eigenvalue weighted by Crippen LogP contribution is -2.13. The maximum absolute atomic E-state index is 12.5. The molecular formula is C21H22N2O4S. The van der Waals surface area contributed by atoms with Crippen LogP contribution in [-0.2, 0) is 4.79 Å². The lowest BCUT2D eigenvalue weighted by Gasteiger charge is -2.08. The average Bonchev–Trinajstić information content (AvgIpc) is 3.07. The summed E-state index contributed by atoms with van der Waals surface area (Å²) in [5, 5.41) is 3.28. The summed E-state index contributed by atoms with van der Waals surface area (Å²) in [7, 11) is 1.53. The first-order valence-electron chi connectivity index (χ1n) is 9.01. The molecule has 0 saturated heterocycles. The SMILES string of the molecule is CCOc1ccc2nc(NC(=O)CCC(=O)c3cc(C)ccc3OC)sc2c1. The Morgan fingerprint density at radius 1 is 1.14 bits per heavy atom. The fourth-order valence-corrected chi connectivity index (χ4v) is 3.71. The van der Waals surface area contributed by atoms with Gasteiger partial charge < -0.3 is 14.8 Å². The molecule has 2 aromatic carbocycles. The highest BCUT2D eigenvalue weighted by Crippen LogP contribution is 2.29. The van der Waals surface area contributed by atoms with Crippen LogP contribution in [0.3, 0.4) is 0 Å². The monoisotopic (exact) mass is 398 g/mol. The molecule has 0 aliphatic rings. The Kier molecular flexibility index (Phi) is 6.26. The minimum atomic E-state index is -0.246. The second-order valence-electron chi connectivity index (χ2n) is 6.26. The number of amides is 1. The van der Waals surface area contributed by atoms with Crippen molar-refractivity contribution in [1.29, 1.82) is 0 Å². The van der Waals surface area contributed by atoms with E-state index >= 15 is 0 Å². The van der Waals surface area contributed by atoms with E-state index in [1.165, 1.54) is 18.4 Å². The van der Waals surface area contributed by atoms with Crippen LogP contribution in [-0.4, -0.2) is 30.4 Å². The van der Waals surface area contributed by atoms with E-state index in [2.05, 4.69) is 10.3 Å². The highest BCUT2D eigenvalue weighted by Gasteiger charge is 2.15. The van der Waals surface area contributed by atoms with E-state index in [4.69, 9.17) is 9.47 Å². The number of ether oxygens (including phenoxy) is 2. The number of aromatic nitrogens is 1. The van der Waals surface area contributed by atoms with E-state index in [-0.39, 0.29) is 24.5 Å². The van der Waals surface area contributed by atoms with Crippen molar-refractivity contribution in [2.24, 2.45) is 0 Å². The normalized spacial score (nSPS) is 10.7. The Hall–Kier alpha value is -2.93. The zero-order valence-electron chi connectivity index (χ0n) is 16.1. The van der Waals surface area contributed by atoms with E-state index in [0.29, 0.717) is 23.1 Å². The summed E-state index contributed by atoms with van der Waals surface area (Å²) >= 11 is 1.38. The van der Waals surface area contributed by atoms with E-state index in [0.717, 1.165) is 21.5 Å². The van der Waals surface area contributed by atoms with Crippen molar-refractivity contribution in [1.82, 2.24) is 4.98 Å². The number of carbonyl (C=O) groups is 2. The van der Waals surface area contributed by atoms with Gasteiger partial charge >= 0.3 is 0 Å². The van der Waals surface area contributed by atoms with Gasteiger partial charge in [-0.05, 0) is 44.2 Å². The van der Waals surface area contributed by atoms with Gasteiger partial charge in [0.1, 0.15) is 11.5 Å². The van der Waals surface area contributed by atoms with Crippen LogP contribution >= 0.6 is 11.3 Å². The number of methoxy groups -OCH3 is 1. The summed E-state index contributed by atoms with van der Waals surface area (Å²) in [5.41, 5.74) is 2.26. The fraction of sp³-hybridized carbons (Fsp3) is 0.286. The third-order valence-electron chi connectivity index (χ3n) is 4.15. The highest BCUT2D eigenvalue weighted by atomic mass is 32.1. The van der Waals surface area contributed by atoms with Crippen LogP contribution in [0.15, 0.2) is 36.4 Å². The molecule has 3 aromatic rings. The standard InChI is InChI=1S/C21H22N2O4S/c1-4-27-14-6-7-16-19(12-14)28-21(22-16)23-20(25)10-8-17(24)15-11-13(2)5-9-18(15)26-3/h5-7,9,11-12H,4,8,10H2,1-3H3,(H,22,23,25). The number of benzene rings is 2. The van der Waals surface area contributed by atoms with Crippen molar-refractivity contribution >= 4 is 38.4 Å². The van der Waals surface area contributed by atoms with Crippen molar-refractivity contribution < 1.29 is 19.1 Å². The van der Waals surface area contributed by atoms with E-state index < -0.39 is 0 Å². The van der Waals surface area contributed by atoms with Gasteiger partial charge in [0.25, 0.3) is 0 Å². The van der Waals surface area contributed by atoms with E-state index in [9.17, 15) is 9.59 Å². The summed E-state index contributed by atoms with van der Waals surface area (Å²) in [5.74, 6) is 0.923. The molecule has 0 bridgehead atoms. The lowest BCUT2D eigenvalue weighted by molar-refractivity contribution is -0.116. The molecule has 146 valence electrons. The summed E-state index contributed by atoms with van der Waals surface area (Å²) in [6.07, 6.45) is 0.182. The minimum Gasteiger partial charge on any atom is -0.496 e. The molecule has 0 spiro atoms. The zero-order chi connectivity index (χ0) is 20.1. The van der Waals surface area contributed by atoms with Crippen LogP contribution in [0.5, 0.6) is 11.5 Å². The Balaban J connectivity index is 1.62. The number of rotatable bonds is 8. The lowest BCUT2D eigenvalue weighted by atomic mass is 10.0. The van der Waals surface area contributed by atoms with Crippen molar-refractivity contribution in [2.75, 3.05) is 19.0 Å². The Morgan fingerprint density at radius 3 is 2.71 bits per heavy atom. The molecule has 7 heteroatoms. The van der Waals surface area contributed by atoms with E-state index in [1.54, 1.807) is 12.1 Å². The number of ketones is 1. The quantitative estimate of drug-likeness (QED) is 0.561. The van der Waals surface area contributed by atoms with Crippen molar-refractivity contribution in [2.45, 2.75) is 26.7 Å². The predicted octanol–water partition coefficient (Wildman–Crippen LogP) is 4.61. The number of hydrogen-bond acceptors (Lipinski definition) is 6. The van der Waals surface area contributed by atoms with Gasteiger partial charge in [0, 0.05) is 12.8 Å². The largest absolute Gasteiger partial charge is 0.496 e. The molecule has 6 nitrogen and oxygen atoms in total. The van der Waals surface area contributed by atoms with Crippen LogP contribution in [0.1, 0.15) is 35.7 Å². The number of fused-ring (bicyclic) bond motifs is 1. The molecule has 1 aromatic heterocycles. The first-order chi connectivity index (χ1) is 13.5. The number of nitrogens with one attached hydrogen (secondary N) is 1. The van der Waals surface area contributed by atoms with Crippen molar-refractivity contribution in [3.05, 3.63) is 47.5 Å². The van der Waals surface area contributed by atoms with Crippen molar-refractivity contribution in [3.8, 4) is 11.5 Å². The summed E-state index contributed by atoms with van der Waals surface area (Å²) in [6.45, 7) is 4.43. The number of hydrogen-bond donors (Lipinski definition) is 1. The highest BCUT2D eigenvalue weighted by molar-refractivity contribution is 7.22. The van der Waals surface area contributed by atoms with E-state index in [1.807, 2.05) is 38.1 Å². The number of Topliss-reactive ketones (excluding diaryl/α,β-unsaturated/α-hetero) is 1. The van der Waals surface area contributed by atoms with Crippen LogP contribution in [0.2, 0.25) is 0 Å². The molecule has 0 aliphatic heterocycles. The smallest absolute Gasteiger partial charge is 0.226 e. The Bertz CT molecular complexity index is 1010. The topological polar surface area (TPSA) is 77.5 Å². The number of aryl methyl sites for hydroxylation is 1. The average molecular weight is 398 g/mol. The van der Waals surface area contributed by atoms with Gasteiger partial charge in [-0.15, -0.1) is 0 Å². The molecule has 0 unspecified atom stereocenters. The molecular weight excluding hydrogens is 376 g/mol. The first-order valence-corrected chi connectivity index (χ1v) is 9.83. The van der Waals surface area contributed by atoms with Crippen LogP contribution < -0.4 is 14.8 Å². The van der Waals surface area contributed by atoms with Gasteiger partial charge in [-0.2, -0.15) is 0 Å². The molecule has 1 amide bonds. The Morgan fingerprint density at radius 2 is 1.96 bits per heavy atom. The molecule has 0 saturated carbocycles. The third-order valence-corrected chi connectivity index (χ3v) is 5.09. The third kappa shape index (κ3) is 4.67. The van der Waals surface area contributed by atoms with Gasteiger partial charge in [0.15, 0.2) is 10.9 Å². The molecule has 0 fully saturated rings. The maximum atomic E-state index is 12.5. The molecule has 0 radical (unpaired) electrons. The number of anilines is 1. The summed E-state index contributed by atoms with van der Waals surface area (Å²) in [4.78, 5) is 29.2. The van der Waals surface area contributed by atoms with Crippen LogP contribution in [0.25, 0.3) is 10.2 Å². The van der Waals surface area contributed by atoms with Gasteiger partial charge in [-0.3, -0.25) is 9.59 Å². The fourth-order valence-electron chi connectivity index (χ4n) is 2.80. The zero-order valence-corrected chi connectivity index (χ0v) is 16.9. The van der Waals surface area contributed by atoms with Gasteiger partial charge in [-0.25, -0.2) is 4.98 Å².